The molecule has 4 heteroatoms. The summed E-state index contributed by atoms with van der Waals surface area (Å²) in [6.07, 6.45) is 2.63. The molecule has 1 heterocycles. The van der Waals surface area contributed by atoms with Crippen LogP contribution >= 0.6 is 0 Å². The number of hydrogen-bond donors (Lipinski definition) is 2. The lowest BCUT2D eigenvalue weighted by atomic mass is 9.93. The maximum atomic E-state index is 10.9. The molecule has 1 aliphatic heterocycles. The Hall–Kier alpha value is -1.39. The van der Waals surface area contributed by atoms with Crippen LogP contribution in [-0.2, 0) is 17.9 Å². The fraction of sp³-hybridized carbons (Fsp3) is 0.533. The Morgan fingerprint density at radius 3 is 2.32 bits per heavy atom. The van der Waals surface area contributed by atoms with Crippen LogP contribution in [0.4, 0.5) is 0 Å². The molecule has 1 aliphatic rings. The summed E-state index contributed by atoms with van der Waals surface area (Å²) in [5, 5.41) is 9.00. The van der Waals surface area contributed by atoms with Crippen LogP contribution < -0.4 is 5.73 Å². The van der Waals surface area contributed by atoms with Crippen LogP contribution in [0.3, 0.4) is 0 Å². The molecule has 1 saturated heterocycles. The summed E-state index contributed by atoms with van der Waals surface area (Å²) in [7, 11) is 0. The van der Waals surface area contributed by atoms with E-state index in [9.17, 15) is 4.79 Å². The van der Waals surface area contributed by atoms with Crippen LogP contribution in [0.5, 0.6) is 0 Å². The van der Waals surface area contributed by atoms with Gasteiger partial charge in [0.15, 0.2) is 0 Å². The molecule has 104 valence electrons. The van der Waals surface area contributed by atoms with Crippen LogP contribution in [0.1, 0.15) is 30.4 Å². The first-order valence-electron chi connectivity index (χ1n) is 6.86. The van der Waals surface area contributed by atoms with Gasteiger partial charge in [-0.1, -0.05) is 24.3 Å². The normalized spacial score (nSPS) is 17.5. The summed E-state index contributed by atoms with van der Waals surface area (Å²) in [5.41, 5.74) is 7.45. The number of nitrogens with two attached hydrogens (primary N) is 1. The van der Waals surface area contributed by atoms with Gasteiger partial charge in [0, 0.05) is 13.0 Å². The molecule has 0 aliphatic carbocycles. The molecule has 4 nitrogen and oxygen atoms in total. The highest BCUT2D eigenvalue weighted by molar-refractivity contribution is 5.73. The van der Waals surface area contributed by atoms with E-state index in [1.54, 1.807) is 0 Å². The lowest BCUT2D eigenvalue weighted by Gasteiger charge is -2.31. The number of carbonyl (C=O) groups is 1. The van der Waals surface area contributed by atoms with Crippen molar-refractivity contribution in [3.8, 4) is 0 Å². The Morgan fingerprint density at radius 1 is 1.21 bits per heavy atom. The van der Waals surface area contributed by atoms with Gasteiger partial charge in [0.2, 0.25) is 5.91 Å². The molecule has 1 fully saturated rings. The highest BCUT2D eigenvalue weighted by atomic mass is 16.3. The monoisotopic (exact) mass is 262 g/mol. The summed E-state index contributed by atoms with van der Waals surface area (Å²) in [5.74, 6) is 0.281. The summed E-state index contributed by atoms with van der Waals surface area (Å²) in [6, 6.07) is 8.08. The second-order valence-corrected chi connectivity index (χ2v) is 5.36. The van der Waals surface area contributed by atoms with E-state index in [2.05, 4.69) is 17.0 Å². The lowest BCUT2D eigenvalue weighted by molar-refractivity contribution is -0.119. The van der Waals surface area contributed by atoms with Crippen molar-refractivity contribution in [3.05, 3.63) is 35.4 Å². The molecule has 0 spiro atoms. The number of amides is 1. The van der Waals surface area contributed by atoms with Crippen molar-refractivity contribution in [1.82, 2.24) is 4.90 Å². The van der Waals surface area contributed by atoms with Crippen molar-refractivity contribution < 1.29 is 9.90 Å². The van der Waals surface area contributed by atoms with E-state index in [4.69, 9.17) is 10.8 Å². The van der Waals surface area contributed by atoms with Crippen LogP contribution in [0.2, 0.25) is 0 Å². The van der Waals surface area contributed by atoms with Gasteiger partial charge in [-0.15, -0.1) is 0 Å². The Kier molecular flexibility index (Phi) is 4.93. The second-order valence-electron chi connectivity index (χ2n) is 5.36. The average Bonchev–Trinajstić information content (AvgIpc) is 2.41. The lowest BCUT2D eigenvalue weighted by Crippen LogP contribution is -2.34. The fourth-order valence-corrected chi connectivity index (χ4v) is 2.64. The van der Waals surface area contributed by atoms with Gasteiger partial charge in [-0.3, -0.25) is 9.69 Å². The number of piperidine rings is 1. The van der Waals surface area contributed by atoms with Gasteiger partial charge in [0.25, 0.3) is 0 Å². The van der Waals surface area contributed by atoms with Gasteiger partial charge in [-0.2, -0.15) is 0 Å². The third kappa shape index (κ3) is 4.33. The molecule has 0 bridgehead atoms. The third-order valence-corrected chi connectivity index (χ3v) is 3.81. The number of primary amides is 1. The van der Waals surface area contributed by atoms with E-state index in [1.165, 1.54) is 5.56 Å². The maximum Gasteiger partial charge on any atom is 0.217 e. The first-order chi connectivity index (χ1) is 9.17. The number of nitrogens with zero attached hydrogens (tertiary/aromatic N) is 1. The third-order valence-electron chi connectivity index (χ3n) is 3.81. The SMILES string of the molecule is NC(=O)CC1CCN(Cc2ccc(CO)cc2)CC1. The van der Waals surface area contributed by atoms with E-state index in [0.29, 0.717) is 12.3 Å². The molecule has 1 amide bonds. The molecule has 2 rings (SSSR count). The topological polar surface area (TPSA) is 66.6 Å². The number of carbonyl (C=O) groups excluding carboxylic acids is 1. The quantitative estimate of drug-likeness (QED) is 0.839. The van der Waals surface area contributed by atoms with Crippen molar-refractivity contribution in [2.45, 2.75) is 32.4 Å². The van der Waals surface area contributed by atoms with Gasteiger partial charge >= 0.3 is 0 Å². The standard InChI is InChI=1S/C15H22N2O2/c16-15(19)9-12-5-7-17(8-6-12)10-13-1-3-14(11-18)4-2-13/h1-4,12,18H,5-11H2,(H2,16,19). The van der Waals surface area contributed by atoms with Crippen LogP contribution in [0, 0.1) is 5.92 Å². The Bertz CT molecular complexity index is 409. The minimum absolute atomic E-state index is 0.0960. The minimum Gasteiger partial charge on any atom is -0.392 e. The van der Waals surface area contributed by atoms with E-state index in [1.807, 2.05) is 12.1 Å². The molecule has 0 aromatic heterocycles. The molecule has 1 aromatic rings. The number of benzene rings is 1. The predicted octanol–water partition coefficient (Wildman–Crippen LogP) is 1.27. The molecule has 0 saturated carbocycles. The highest BCUT2D eigenvalue weighted by Crippen LogP contribution is 2.21. The molecule has 0 unspecified atom stereocenters. The van der Waals surface area contributed by atoms with Gasteiger partial charge < -0.3 is 10.8 Å². The zero-order valence-electron chi connectivity index (χ0n) is 11.2. The number of aliphatic hydroxyl groups is 1. The smallest absolute Gasteiger partial charge is 0.217 e. The van der Waals surface area contributed by atoms with Gasteiger partial charge in [0.05, 0.1) is 6.61 Å². The van der Waals surface area contributed by atoms with Crippen LogP contribution in [-0.4, -0.2) is 29.0 Å². The number of hydrogen-bond acceptors (Lipinski definition) is 3. The largest absolute Gasteiger partial charge is 0.392 e. The Labute approximate surface area is 114 Å². The van der Waals surface area contributed by atoms with E-state index in [0.717, 1.165) is 38.0 Å². The molecule has 0 atom stereocenters. The van der Waals surface area contributed by atoms with Crippen molar-refractivity contribution in [2.75, 3.05) is 13.1 Å². The van der Waals surface area contributed by atoms with Crippen LogP contribution in [0.15, 0.2) is 24.3 Å². The van der Waals surface area contributed by atoms with Crippen molar-refractivity contribution in [1.29, 1.82) is 0 Å². The molecular weight excluding hydrogens is 240 g/mol. The Balaban J connectivity index is 1.80. The predicted molar refractivity (Wildman–Crippen MR) is 74.2 cm³/mol. The van der Waals surface area contributed by atoms with Gasteiger partial charge in [-0.05, 0) is 43.0 Å². The van der Waals surface area contributed by atoms with Gasteiger partial charge in [0.1, 0.15) is 0 Å². The number of rotatable bonds is 5. The van der Waals surface area contributed by atoms with Crippen LogP contribution in [0.25, 0.3) is 0 Å². The first kappa shape index (κ1) is 14.0. The van der Waals surface area contributed by atoms with Crippen molar-refractivity contribution >= 4 is 5.91 Å². The summed E-state index contributed by atoms with van der Waals surface area (Å²) in [6.45, 7) is 3.09. The molecule has 3 N–H and O–H groups in total. The summed E-state index contributed by atoms with van der Waals surface area (Å²) >= 11 is 0. The molecular formula is C15H22N2O2. The first-order valence-corrected chi connectivity index (χ1v) is 6.86. The van der Waals surface area contributed by atoms with E-state index < -0.39 is 0 Å². The maximum absolute atomic E-state index is 10.9. The van der Waals surface area contributed by atoms with E-state index in [-0.39, 0.29) is 12.5 Å². The van der Waals surface area contributed by atoms with Crippen molar-refractivity contribution in [3.63, 3.8) is 0 Å². The van der Waals surface area contributed by atoms with Gasteiger partial charge in [-0.25, -0.2) is 0 Å². The molecule has 0 radical (unpaired) electrons. The Morgan fingerprint density at radius 2 is 1.79 bits per heavy atom. The highest BCUT2D eigenvalue weighted by Gasteiger charge is 2.20. The second kappa shape index (κ2) is 6.68. The number of likely N-dealkylation sites (tertiary alicyclic amines) is 1. The van der Waals surface area contributed by atoms with E-state index >= 15 is 0 Å². The molecule has 19 heavy (non-hydrogen) atoms. The minimum atomic E-state index is -0.182. The fourth-order valence-electron chi connectivity index (χ4n) is 2.64. The summed E-state index contributed by atoms with van der Waals surface area (Å²) < 4.78 is 0. The average molecular weight is 262 g/mol. The zero-order valence-corrected chi connectivity index (χ0v) is 11.2. The van der Waals surface area contributed by atoms with Crippen molar-refractivity contribution in [2.24, 2.45) is 11.7 Å². The summed E-state index contributed by atoms with van der Waals surface area (Å²) in [4.78, 5) is 13.3. The number of aliphatic hydroxyl groups excluding tert-OH is 1. The molecule has 1 aromatic carbocycles. The zero-order chi connectivity index (χ0) is 13.7.